The van der Waals surface area contributed by atoms with Crippen molar-refractivity contribution in [3.05, 3.63) is 29.3 Å². The Morgan fingerprint density at radius 1 is 1.32 bits per heavy atom. The van der Waals surface area contributed by atoms with Gasteiger partial charge in [-0.05, 0) is 44.2 Å². The molecule has 2 aliphatic rings. The third-order valence-corrected chi connectivity index (χ3v) is 4.50. The normalized spacial score (nSPS) is 29.6. The van der Waals surface area contributed by atoms with Gasteiger partial charge in [-0.15, -0.1) is 0 Å². The summed E-state index contributed by atoms with van der Waals surface area (Å²) in [7, 11) is 0. The number of carbonyl (C=O) groups excluding carboxylic acids is 1. The molecule has 2 fully saturated rings. The van der Waals surface area contributed by atoms with Crippen molar-refractivity contribution in [1.29, 1.82) is 0 Å². The van der Waals surface area contributed by atoms with Crippen LogP contribution in [0, 0.1) is 6.92 Å². The van der Waals surface area contributed by atoms with E-state index in [4.69, 9.17) is 5.73 Å². The van der Waals surface area contributed by atoms with Crippen LogP contribution in [-0.2, 0) is 0 Å². The highest BCUT2D eigenvalue weighted by Gasteiger charge is 2.43. The van der Waals surface area contributed by atoms with Gasteiger partial charge in [0.05, 0.1) is 11.7 Å². The molecule has 4 nitrogen and oxygen atoms in total. The largest absolute Gasteiger partial charge is 0.398 e. The lowest BCUT2D eigenvalue weighted by molar-refractivity contribution is 0.0287. The van der Waals surface area contributed by atoms with E-state index < -0.39 is 0 Å². The van der Waals surface area contributed by atoms with Gasteiger partial charge in [0.15, 0.2) is 0 Å². The standard InChI is InChI=1S/C15H20N2O2/c1-9-3-2-4-13(14(9)16)15(19)17-10-5-6-11(17)8-12(18)7-10/h2-4,10-12,18H,5-8,16H2,1H3. The summed E-state index contributed by atoms with van der Waals surface area (Å²) >= 11 is 0. The summed E-state index contributed by atoms with van der Waals surface area (Å²) in [6, 6.07) is 5.96. The molecule has 1 amide bonds. The summed E-state index contributed by atoms with van der Waals surface area (Å²) in [6.45, 7) is 1.92. The number of rotatable bonds is 1. The maximum atomic E-state index is 12.7. The monoisotopic (exact) mass is 260 g/mol. The molecular weight excluding hydrogens is 240 g/mol. The molecule has 4 heteroatoms. The molecule has 0 saturated carbocycles. The van der Waals surface area contributed by atoms with E-state index in [-0.39, 0.29) is 24.1 Å². The van der Waals surface area contributed by atoms with Crippen LogP contribution in [0.4, 0.5) is 5.69 Å². The second-order valence-electron chi connectivity index (χ2n) is 5.76. The molecule has 2 saturated heterocycles. The number of benzene rings is 1. The van der Waals surface area contributed by atoms with Gasteiger partial charge in [-0.1, -0.05) is 12.1 Å². The maximum absolute atomic E-state index is 12.7. The quantitative estimate of drug-likeness (QED) is 0.755. The van der Waals surface area contributed by atoms with E-state index in [1.165, 1.54) is 0 Å². The van der Waals surface area contributed by atoms with Gasteiger partial charge in [-0.25, -0.2) is 0 Å². The summed E-state index contributed by atoms with van der Waals surface area (Å²) in [4.78, 5) is 14.7. The lowest BCUT2D eigenvalue weighted by Gasteiger charge is -2.37. The van der Waals surface area contributed by atoms with Gasteiger partial charge in [-0.3, -0.25) is 4.79 Å². The Morgan fingerprint density at radius 2 is 1.95 bits per heavy atom. The number of nitrogens with two attached hydrogens (primary N) is 1. The van der Waals surface area contributed by atoms with E-state index in [1.54, 1.807) is 6.07 Å². The highest BCUT2D eigenvalue weighted by molar-refractivity contribution is 6.00. The molecule has 2 atom stereocenters. The molecule has 1 aromatic rings. The fourth-order valence-corrected chi connectivity index (χ4v) is 3.49. The topological polar surface area (TPSA) is 66.6 Å². The smallest absolute Gasteiger partial charge is 0.256 e. The summed E-state index contributed by atoms with van der Waals surface area (Å²) < 4.78 is 0. The van der Waals surface area contributed by atoms with Crippen LogP contribution >= 0.6 is 0 Å². The predicted molar refractivity (Wildman–Crippen MR) is 73.8 cm³/mol. The molecule has 1 aromatic carbocycles. The number of hydrogen-bond acceptors (Lipinski definition) is 3. The van der Waals surface area contributed by atoms with Crippen LogP contribution in [0.5, 0.6) is 0 Å². The molecule has 19 heavy (non-hydrogen) atoms. The number of aliphatic hydroxyl groups excluding tert-OH is 1. The highest BCUT2D eigenvalue weighted by Crippen LogP contribution is 2.37. The van der Waals surface area contributed by atoms with Gasteiger partial charge in [0.25, 0.3) is 5.91 Å². The van der Waals surface area contributed by atoms with E-state index in [0.717, 1.165) is 18.4 Å². The number of carbonyl (C=O) groups is 1. The molecule has 2 aliphatic heterocycles. The molecule has 2 bridgehead atoms. The number of aliphatic hydroxyl groups is 1. The zero-order valence-corrected chi connectivity index (χ0v) is 11.2. The number of aryl methyl sites for hydroxylation is 1. The first-order valence-electron chi connectivity index (χ1n) is 6.93. The third-order valence-electron chi connectivity index (χ3n) is 4.50. The molecule has 102 valence electrons. The highest BCUT2D eigenvalue weighted by atomic mass is 16.3. The minimum atomic E-state index is -0.253. The fraction of sp³-hybridized carbons (Fsp3) is 0.533. The number of para-hydroxylation sites is 1. The van der Waals surface area contributed by atoms with Crippen LogP contribution in [0.3, 0.4) is 0 Å². The van der Waals surface area contributed by atoms with Crippen molar-refractivity contribution >= 4 is 11.6 Å². The Hall–Kier alpha value is -1.55. The summed E-state index contributed by atoms with van der Waals surface area (Å²) in [5.41, 5.74) is 8.16. The molecular formula is C15H20N2O2. The average Bonchev–Trinajstić information content (AvgIpc) is 2.64. The van der Waals surface area contributed by atoms with Crippen LogP contribution in [0.25, 0.3) is 0 Å². The van der Waals surface area contributed by atoms with Gasteiger partial charge >= 0.3 is 0 Å². The zero-order chi connectivity index (χ0) is 13.6. The SMILES string of the molecule is Cc1cccc(C(=O)N2C3CCC2CC(O)C3)c1N. The van der Waals surface area contributed by atoms with Crippen molar-refractivity contribution < 1.29 is 9.90 Å². The molecule has 0 aromatic heterocycles. The first-order chi connectivity index (χ1) is 9.08. The van der Waals surface area contributed by atoms with Crippen molar-refractivity contribution in [2.24, 2.45) is 0 Å². The summed E-state index contributed by atoms with van der Waals surface area (Å²) in [5.74, 6) is 0.0283. The molecule has 0 radical (unpaired) electrons. The number of anilines is 1. The Morgan fingerprint density at radius 3 is 2.58 bits per heavy atom. The molecule has 2 unspecified atom stereocenters. The molecule has 3 N–H and O–H groups in total. The van der Waals surface area contributed by atoms with Crippen molar-refractivity contribution in [1.82, 2.24) is 4.90 Å². The Labute approximate surface area is 113 Å². The average molecular weight is 260 g/mol. The van der Waals surface area contributed by atoms with Crippen LogP contribution in [0.2, 0.25) is 0 Å². The molecule has 2 heterocycles. The lowest BCUT2D eigenvalue weighted by Crippen LogP contribution is -2.48. The number of amides is 1. The van der Waals surface area contributed by atoms with Crippen LogP contribution in [0.15, 0.2) is 18.2 Å². The van der Waals surface area contributed by atoms with E-state index in [2.05, 4.69) is 0 Å². The minimum absolute atomic E-state index is 0.0283. The van der Waals surface area contributed by atoms with Crippen LogP contribution in [0.1, 0.15) is 41.6 Å². The molecule has 0 aliphatic carbocycles. The van der Waals surface area contributed by atoms with Gasteiger partial charge in [-0.2, -0.15) is 0 Å². The predicted octanol–water partition coefficient (Wildman–Crippen LogP) is 1.71. The number of hydrogen-bond donors (Lipinski definition) is 2. The second-order valence-corrected chi connectivity index (χ2v) is 5.76. The van der Waals surface area contributed by atoms with Gasteiger partial charge in [0, 0.05) is 17.8 Å². The van der Waals surface area contributed by atoms with E-state index in [0.29, 0.717) is 24.1 Å². The molecule has 0 spiro atoms. The third kappa shape index (κ3) is 2.00. The van der Waals surface area contributed by atoms with Crippen molar-refractivity contribution in [2.75, 3.05) is 5.73 Å². The van der Waals surface area contributed by atoms with Gasteiger partial charge < -0.3 is 15.7 Å². The van der Waals surface area contributed by atoms with E-state index in [1.807, 2.05) is 24.0 Å². The number of nitrogen functional groups attached to an aromatic ring is 1. The maximum Gasteiger partial charge on any atom is 0.256 e. The second kappa shape index (κ2) is 4.53. The Kier molecular flexibility index (Phi) is 2.97. The van der Waals surface area contributed by atoms with Crippen molar-refractivity contribution in [2.45, 2.75) is 50.8 Å². The van der Waals surface area contributed by atoms with Crippen molar-refractivity contribution in [3.63, 3.8) is 0 Å². The first-order valence-corrected chi connectivity index (χ1v) is 6.93. The number of fused-ring (bicyclic) bond motifs is 2. The number of nitrogens with zero attached hydrogens (tertiary/aromatic N) is 1. The summed E-state index contributed by atoms with van der Waals surface area (Å²) in [6.07, 6.45) is 3.15. The minimum Gasteiger partial charge on any atom is -0.398 e. The van der Waals surface area contributed by atoms with Crippen LogP contribution in [-0.4, -0.2) is 34.1 Å². The first kappa shape index (κ1) is 12.5. The Balaban J connectivity index is 1.91. The van der Waals surface area contributed by atoms with Crippen LogP contribution < -0.4 is 5.73 Å². The van der Waals surface area contributed by atoms with E-state index >= 15 is 0 Å². The van der Waals surface area contributed by atoms with E-state index in [9.17, 15) is 9.90 Å². The van der Waals surface area contributed by atoms with Crippen molar-refractivity contribution in [3.8, 4) is 0 Å². The Bertz CT molecular complexity index is 501. The fourth-order valence-electron chi connectivity index (χ4n) is 3.49. The number of piperidine rings is 1. The lowest BCUT2D eigenvalue weighted by atomic mass is 9.98. The molecule has 3 rings (SSSR count). The zero-order valence-electron chi connectivity index (χ0n) is 11.2. The van der Waals surface area contributed by atoms with Gasteiger partial charge in [0.2, 0.25) is 0 Å². The van der Waals surface area contributed by atoms with Gasteiger partial charge in [0.1, 0.15) is 0 Å². The summed E-state index contributed by atoms with van der Waals surface area (Å²) in [5, 5.41) is 9.80.